The summed E-state index contributed by atoms with van der Waals surface area (Å²) in [6.45, 7) is 2.36. The van der Waals surface area contributed by atoms with Crippen molar-refractivity contribution in [2.24, 2.45) is 5.73 Å². The van der Waals surface area contributed by atoms with Crippen molar-refractivity contribution < 1.29 is 13.2 Å². The molecule has 1 heterocycles. The largest absolute Gasteiger partial charge is 0.370 e. The van der Waals surface area contributed by atoms with Gasteiger partial charge < -0.3 is 5.73 Å². The number of benzene rings is 1. The molecule has 1 aromatic carbocycles. The number of nitrogens with zero attached hydrogens (tertiary/aromatic N) is 1. The fourth-order valence-electron chi connectivity index (χ4n) is 2.41. The van der Waals surface area contributed by atoms with E-state index in [0.29, 0.717) is 13.0 Å². The molecular formula is C13H18N2O3S. The molecule has 1 aromatic rings. The maximum absolute atomic E-state index is 12.5. The van der Waals surface area contributed by atoms with Gasteiger partial charge >= 0.3 is 0 Å². The van der Waals surface area contributed by atoms with Crippen molar-refractivity contribution in [1.29, 1.82) is 0 Å². The molecule has 1 fully saturated rings. The molecule has 0 spiro atoms. The topological polar surface area (TPSA) is 80.5 Å². The standard InChI is InChI=1S/C13H18N2O3S/c1-10-4-6-12(7-5-10)19(17,18)15-8-2-3-11(15)9-13(14)16/h4-7,11H,2-3,8-9H2,1H3,(H2,14,16). The molecule has 0 bridgehead atoms. The van der Waals surface area contributed by atoms with E-state index in [2.05, 4.69) is 0 Å². The van der Waals surface area contributed by atoms with Gasteiger partial charge in [0.2, 0.25) is 15.9 Å². The van der Waals surface area contributed by atoms with Gasteiger partial charge in [0.15, 0.2) is 0 Å². The van der Waals surface area contributed by atoms with Crippen molar-refractivity contribution in [2.45, 2.75) is 37.1 Å². The van der Waals surface area contributed by atoms with Gasteiger partial charge in [0.25, 0.3) is 0 Å². The maximum Gasteiger partial charge on any atom is 0.243 e. The monoisotopic (exact) mass is 282 g/mol. The third kappa shape index (κ3) is 2.96. The zero-order chi connectivity index (χ0) is 14.0. The lowest BCUT2D eigenvalue weighted by molar-refractivity contribution is -0.118. The summed E-state index contributed by atoms with van der Waals surface area (Å²) in [5.41, 5.74) is 6.18. The number of aryl methyl sites for hydroxylation is 1. The lowest BCUT2D eigenvalue weighted by Gasteiger charge is -2.23. The van der Waals surface area contributed by atoms with E-state index >= 15 is 0 Å². The van der Waals surface area contributed by atoms with Crippen LogP contribution < -0.4 is 5.73 Å². The summed E-state index contributed by atoms with van der Waals surface area (Å²) < 4.78 is 26.4. The molecule has 0 aliphatic carbocycles. The Morgan fingerprint density at radius 3 is 2.58 bits per heavy atom. The minimum Gasteiger partial charge on any atom is -0.370 e. The van der Waals surface area contributed by atoms with Crippen LogP contribution in [0.3, 0.4) is 0 Å². The highest BCUT2D eigenvalue weighted by Crippen LogP contribution is 2.27. The molecule has 2 rings (SSSR count). The Labute approximate surface area is 113 Å². The second-order valence-electron chi connectivity index (χ2n) is 4.90. The summed E-state index contributed by atoms with van der Waals surface area (Å²) in [4.78, 5) is 11.3. The van der Waals surface area contributed by atoms with Gasteiger partial charge in [0, 0.05) is 19.0 Å². The Kier molecular flexibility index (Phi) is 3.91. The van der Waals surface area contributed by atoms with Crippen LogP contribution in [0.1, 0.15) is 24.8 Å². The van der Waals surface area contributed by atoms with Gasteiger partial charge in [-0.25, -0.2) is 8.42 Å². The number of carbonyl (C=O) groups excluding carboxylic acids is 1. The third-order valence-corrected chi connectivity index (χ3v) is 5.35. The molecule has 1 aliphatic heterocycles. The first-order valence-electron chi connectivity index (χ1n) is 6.28. The van der Waals surface area contributed by atoms with E-state index in [0.717, 1.165) is 12.0 Å². The number of primary amides is 1. The Hall–Kier alpha value is -1.40. The van der Waals surface area contributed by atoms with Crippen LogP contribution in [0.25, 0.3) is 0 Å². The van der Waals surface area contributed by atoms with E-state index in [1.807, 2.05) is 6.92 Å². The minimum atomic E-state index is -3.52. The van der Waals surface area contributed by atoms with Gasteiger partial charge in [0.1, 0.15) is 0 Å². The number of carbonyl (C=O) groups is 1. The van der Waals surface area contributed by atoms with Gasteiger partial charge in [0.05, 0.1) is 4.90 Å². The second kappa shape index (κ2) is 5.30. The first-order chi connectivity index (χ1) is 8.91. The molecule has 0 saturated carbocycles. The molecule has 1 saturated heterocycles. The predicted molar refractivity (Wildman–Crippen MR) is 71.9 cm³/mol. The van der Waals surface area contributed by atoms with E-state index in [1.54, 1.807) is 24.3 Å². The van der Waals surface area contributed by atoms with Crippen molar-refractivity contribution >= 4 is 15.9 Å². The quantitative estimate of drug-likeness (QED) is 0.895. The lowest BCUT2D eigenvalue weighted by Crippen LogP contribution is -2.37. The first-order valence-corrected chi connectivity index (χ1v) is 7.72. The maximum atomic E-state index is 12.5. The molecular weight excluding hydrogens is 264 g/mol. The van der Waals surface area contributed by atoms with E-state index in [1.165, 1.54) is 4.31 Å². The molecule has 5 nitrogen and oxygen atoms in total. The van der Waals surface area contributed by atoms with Crippen LogP contribution in [0.5, 0.6) is 0 Å². The summed E-state index contributed by atoms with van der Waals surface area (Å²) in [6, 6.07) is 6.44. The molecule has 1 unspecified atom stereocenters. The van der Waals surface area contributed by atoms with Crippen LogP contribution in [-0.2, 0) is 14.8 Å². The minimum absolute atomic E-state index is 0.0884. The highest BCUT2D eigenvalue weighted by Gasteiger charge is 2.35. The molecule has 2 N–H and O–H groups in total. The fraction of sp³-hybridized carbons (Fsp3) is 0.462. The molecule has 0 radical (unpaired) electrons. The molecule has 0 aromatic heterocycles. The van der Waals surface area contributed by atoms with Crippen molar-refractivity contribution in [3.63, 3.8) is 0 Å². The Morgan fingerprint density at radius 1 is 1.37 bits per heavy atom. The number of nitrogens with two attached hydrogens (primary N) is 1. The number of sulfonamides is 1. The highest BCUT2D eigenvalue weighted by molar-refractivity contribution is 7.89. The summed E-state index contributed by atoms with van der Waals surface area (Å²) >= 11 is 0. The Bertz CT molecular complexity index is 566. The van der Waals surface area contributed by atoms with Crippen molar-refractivity contribution in [3.8, 4) is 0 Å². The normalized spacial score (nSPS) is 20.6. The van der Waals surface area contributed by atoms with Crippen LogP contribution >= 0.6 is 0 Å². The number of amides is 1. The number of hydrogen-bond acceptors (Lipinski definition) is 3. The van der Waals surface area contributed by atoms with Gasteiger partial charge in [-0.3, -0.25) is 4.79 Å². The Balaban J connectivity index is 2.28. The van der Waals surface area contributed by atoms with E-state index in [9.17, 15) is 13.2 Å². The molecule has 19 heavy (non-hydrogen) atoms. The van der Waals surface area contributed by atoms with Crippen LogP contribution in [0.2, 0.25) is 0 Å². The lowest BCUT2D eigenvalue weighted by atomic mass is 10.1. The Morgan fingerprint density at radius 2 is 2.00 bits per heavy atom. The SMILES string of the molecule is Cc1ccc(S(=O)(=O)N2CCCC2CC(N)=O)cc1. The average Bonchev–Trinajstić information content (AvgIpc) is 2.77. The van der Waals surface area contributed by atoms with Gasteiger partial charge in [-0.2, -0.15) is 4.31 Å². The second-order valence-corrected chi connectivity index (χ2v) is 6.79. The molecule has 1 aliphatic rings. The van der Waals surface area contributed by atoms with Gasteiger partial charge in [-0.15, -0.1) is 0 Å². The number of rotatable bonds is 4. The first kappa shape index (κ1) is 14.0. The van der Waals surface area contributed by atoms with Gasteiger partial charge in [-0.05, 0) is 31.9 Å². The van der Waals surface area contributed by atoms with E-state index in [-0.39, 0.29) is 17.4 Å². The molecule has 104 valence electrons. The molecule has 1 atom stereocenters. The van der Waals surface area contributed by atoms with E-state index in [4.69, 9.17) is 5.73 Å². The van der Waals surface area contributed by atoms with Crippen LogP contribution in [0, 0.1) is 6.92 Å². The van der Waals surface area contributed by atoms with Gasteiger partial charge in [-0.1, -0.05) is 17.7 Å². The molecule has 6 heteroatoms. The van der Waals surface area contributed by atoms with Crippen molar-refractivity contribution in [3.05, 3.63) is 29.8 Å². The third-order valence-electron chi connectivity index (χ3n) is 3.39. The highest BCUT2D eigenvalue weighted by atomic mass is 32.2. The zero-order valence-electron chi connectivity index (χ0n) is 10.9. The van der Waals surface area contributed by atoms with Crippen LogP contribution in [0.15, 0.2) is 29.2 Å². The van der Waals surface area contributed by atoms with Crippen LogP contribution in [-0.4, -0.2) is 31.2 Å². The number of hydrogen-bond donors (Lipinski definition) is 1. The summed E-state index contributed by atoms with van der Waals surface area (Å²) in [5.74, 6) is -0.462. The van der Waals surface area contributed by atoms with E-state index < -0.39 is 15.9 Å². The summed E-state index contributed by atoms with van der Waals surface area (Å²) in [5, 5.41) is 0. The van der Waals surface area contributed by atoms with Crippen molar-refractivity contribution in [2.75, 3.05) is 6.54 Å². The van der Waals surface area contributed by atoms with Crippen molar-refractivity contribution in [1.82, 2.24) is 4.31 Å². The zero-order valence-corrected chi connectivity index (χ0v) is 11.7. The molecule has 1 amide bonds. The predicted octanol–water partition coefficient (Wildman–Crippen LogP) is 1.02. The fourth-order valence-corrected chi connectivity index (χ4v) is 4.10. The van der Waals surface area contributed by atoms with Crippen LogP contribution in [0.4, 0.5) is 0 Å². The smallest absolute Gasteiger partial charge is 0.243 e. The average molecular weight is 282 g/mol. The summed E-state index contributed by atoms with van der Waals surface area (Å²) in [6.07, 6.45) is 1.54. The summed E-state index contributed by atoms with van der Waals surface area (Å²) in [7, 11) is -3.52.